The number of primary amides is 1. The normalized spacial score (nSPS) is 11.5. The molecule has 0 aliphatic heterocycles. The van der Waals surface area contributed by atoms with Gasteiger partial charge in [-0.2, -0.15) is 0 Å². The number of nitrogens with two attached hydrogens (primary N) is 2. The SMILES string of the molecule is CC(C)S(=O)(=O)c1ccc(-c2cnc(OC(N)=O)c(-c3cc(-c4ccc(CN)cc4)no3)n2)cc1. The van der Waals surface area contributed by atoms with Crippen molar-refractivity contribution < 1.29 is 22.5 Å². The van der Waals surface area contributed by atoms with Crippen molar-refractivity contribution >= 4 is 15.9 Å². The van der Waals surface area contributed by atoms with Gasteiger partial charge in [0.15, 0.2) is 21.3 Å². The van der Waals surface area contributed by atoms with E-state index in [1.54, 1.807) is 32.0 Å². The Hall–Kier alpha value is -4.09. The molecule has 0 fully saturated rings. The van der Waals surface area contributed by atoms with Gasteiger partial charge in [0, 0.05) is 23.7 Å². The molecule has 35 heavy (non-hydrogen) atoms. The van der Waals surface area contributed by atoms with Crippen molar-refractivity contribution in [2.45, 2.75) is 30.5 Å². The van der Waals surface area contributed by atoms with Crippen LogP contribution in [0.4, 0.5) is 4.79 Å². The van der Waals surface area contributed by atoms with E-state index in [2.05, 4.69) is 15.1 Å². The monoisotopic (exact) mass is 493 g/mol. The van der Waals surface area contributed by atoms with Gasteiger partial charge < -0.3 is 20.7 Å². The van der Waals surface area contributed by atoms with Crippen molar-refractivity contribution in [1.82, 2.24) is 15.1 Å². The van der Waals surface area contributed by atoms with Crippen molar-refractivity contribution in [2.75, 3.05) is 0 Å². The van der Waals surface area contributed by atoms with Gasteiger partial charge in [0.1, 0.15) is 5.69 Å². The molecule has 2 aromatic carbocycles. The van der Waals surface area contributed by atoms with Gasteiger partial charge in [-0.25, -0.2) is 23.2 Å². The maximum atomic E-state index is 12.4. The van der Waals surface area contributed by atoms with Gasteiger partial charge in [0.25, 0.3) is 5.88 Å². The summed E-state index contributed by atoms with van der Waals surface area (Å²) in [6, 6.07) is 15.4. The number of hydrogen-bond acceptors (Lipinski definition) is 9. The lowest BCUT2D eigenvalue weighted by Gasteiger charge is -2.09. The summed E-state index contributed by atoms with van der Waals surface area (Å²) in [5.74, 6) is 0.0499. The average Bonchev–Trinajstić information content (AvgIpc) is 3.34. The minimum atomic E-state index is -3.41. The number of aromatic nitrogens is 3. The molecule has 2 heterocycles. The van der Waals surface area contributed by atoms with Gasteiger partial charge in [-0.3, -0.25) is 0 Å². The second-order valence-corrected chi connectivity index (χ2v) is 10.4. The Labute approximate surface area is 201 Å². The van der Waals surface area contributed by atoms with Crippen molar-refractivity contribution in [1.29, 1.82) is 0 Å². The summed E-state index contributed by atoms with van der Waals surface area (Å²) in [6.45, 7) is 3.66. The zero-order chi connectivity index (χ0) is 25.2. The van der Waals surface area contributed by atoms with E-state index >= 15 is 0 Å². The van der Waals surface area contributed by atoms with E-state index in [9.17, 15) is 13.2 Å². The van der Waals surface area contributed by atoms with Crippen LogP contribution in [0.2, 0.25) is 0 Å². The molecule has 0 spiro atoms. The number of hydrogen-bond donors (Lipinski definition) is 2. The Bertz CT molecular complexity index is 1460. The number of amides is 1. The van der Waals surface area contributed by atoms with Crippen LogP contribution in [-0.4, -0.2) is 34.9 Å². The predicted molar refractivity (Wildman–Crippen MR) is 129 cm³/mol. The summed E-state index contributed by atoms with van der Waals surface area (Å²) >= 11 is 0. The number of rotatable bonds is 7. The molecule has 2 aromatic heterocycles. The van der Waals surface area contributed by atoms with Crippen molar-refractivity contribution in [3.8, 4) is 39.8 Å². The summed E-state index contributed by atoms with van der Waals surface area (Å²) in [5, 5.41) is 3.54. The van der Waals surface area contributed by atoms with E-state index in [-0.39, 0.29) is 22.2 Å². The van der Waals surface area contributed by atoms with Crippen molar-refractivity contribution in [3.63, 3.8) is 0 Å². The maximum Gasteiger partial charge on any atom is 0.411 e. The fraction of sp³-hybridized carbons (Fsp3) is 0.167. The molecule has 0 unspecified atom stereocenters. The van der Waals surface area contributed by atoms with E-state index in [1.807, 2.05) is 24.3 Å². The van der Waals surface area contributed by atoms with Crippen LogP contribution in [0.3, 0.4) is 0 Å². The average molecular weight is 494 g/mol. The quantitative estimate of drug-likeness (QED) is 0.391. The summed E-state index contributed by atoms with van der Waals surface area (Å²) < 4.78 is 35.3. The molecule has 11 heteroatoms. The fourth-order valence-corrected chi connectivity index (χ4v) is 4.33. The highest BCUT2D eigenvalue weighted by Gasteiger charge is 2.21. The molecule has 0 saturated heterocycles. The molecule has 4 aromatic rings. The molecule has 4 N–H and O–H groups in total. The first-order valence-corrected chi connectivity index (χ1v) is 12.2. The zero-order valence-electron chi connectivity index (χ0n) is 19.0. The van der Waals surface area contributed by atoms with Gasteiger partial charge in [0.2, 0.25) is 0 Å². The van der Waals surface area contributed by atoms with Crippen molar-refractivity contribution in [3.05, 3.63) is 66.4 Å². The van der Waals surface area contributed by atoms with E-state index < -0.39 is 21.2 Å². The Balaban J connectivity index is 1.73. The molecule has 4 rings (SSSR count). The van der Waals surface area contributed by atoms with Crippen LogP contribution in [0.1, 0.15) is 19.4 Å². The second kappa shape index (κ2) is 9.65. The summed E-state index contributed by atoms with van der Waals surface area (Å²) in [6.07, 6.45) is 0.324. The highest BCUT2D eigenvalue weighted by molar-refractivity contribution is 7.92. The smallest absolute Gasteiger partial charge is 0.389 e. The largest absolute Gasteiger partial charge is 0.411 e. The molecule has 180 valence electrons. The fourth-order valence-electron chi connectivity index (χ4n) is 3.27. The summed E-state index contributed by atoms with van der Waals surface area (Å²) in [7, 11) is -3.41. The van der Waals surface area contributed by atoms with Crippen LogP contribution >= 0.6 is 0 Å². The number of nitrogens with zero attached hydrogens (tertiary/aromatic N) is 3. The Morgan fingerprint density at radius 2 is 1.66 bits per heavy atom. The van der Waals surface area contributed by atoms with Gasteiger partial charge in [-0.05, 0) is 31.5 Å². The first-order valence-electron chi connectivity index (χ1n) is 10.6. The van der Waals surface area contributed by atoms with Gasteiger partial charge in [0.05, 0.1) is 22.0 Å². The van der Waals surface area contributed by atoms with E-state index in [4.69, 9.17) is 20.7 Å². The summed E-state index contributed by atoms with van der Waals surface area (Å²) in [4.78, 5) is 20.3. The van der Waals surface area contributed by atoms with Crippen LogP contribution in [0, 0.1) is 0 Å². The molecule has 0 aliphatic rings. The predicted octanol–water partition coefficient (Wildman–Crippen LogP) is 3.56. The molecule has 0 saturated carbocycles. The van der Waals surface area contributed by atoms with Crippen molar-refractivity contribution in [2.24, 2.45) is 11.5 Å². The van der Waals surface area contributed by atoms with E-state index in [0.717, 1.165) is 11.1 Å². The van der Waals surface area contributed by atoms with Gasteiger partial charge >= 0.3 is 6.09 Å². The molecule has 10 nitrogen and oxygen atoms in total. The lowest BCUT2D eigenvalue weighted by molar-refractivity contribution is 0.209. The maximum absolute atomic E-state index is 12.4. The number of carbonyl (C=O) groups is 1. The molecular weight excluding hydrogens is 470 g/mol. The third-order valence-electron chi connectivity index (χ3n) is 5.26. The van der Waals surface area contributed by atoms with Crippen LogP contribution in [0.5, 0.6) is 5.88 Å². The molecule has 0 aliphatic carbocycles. The van der Waals surface area contributed by atoms with Crippen LogP contribution < -0.4 is 16.2 Å². The summed E-state index contributed by atoms with van der Waals surface area (Å²) in [5.41, 5.74) is 14.2. The second-order valence-electron chi connectivity index (χ2n) is 7.93. The minimum Gasteiger partial charge on any atom is -0.389 e. The molecular formula is C24H23N5O5S. The lowest BCUT2D eigenvalue weighted by Crippen LogP contribution is -2.17. The lowest BCUT2D eigenvalue weighted by atomic mass is 10.1. The third kappa shape index (κ3) is 5.05. The van der Waals surface area contributed by atoms with Crippen LogP contribution in [-0.2, 0) is 16.4 Å². The van der Waals surface area contributed by atoms with Crippen LogP contribution in [0.25, 0.3) is 34.0 Å². The Morgan fingerprint density at radius 1 is 1.03 bits per heavy atom. The van der Waals surface area contributed by atoms with Gasteiger partial charge in [-0.15, -0.1) is 0 Å². The molecule has 0 bridgehead atoms. The molecule has 0 atom stereocenters. The third-order valence-corrected chi connectivity index (χ3v) is 7.43. The zero-order valence-corrected chi connectivity index (χ0v) is 19.8. The molecule has 1 amide bonds. The van der Waals surface area contributed by atoms with E-state index in [0.29, 0.717) is 23.5 Å². The minimum absolute atomic E-state index is 0.109. The number of sulfone groups is 1. The number of carbonyl (C=O) groups excluding carboxylic acids is 1. The topological polar surface area (TPSA) is 164 Å². The first kappa shape index (κ1) is 24.0. The first-order chi connectivity index (χ1) is 16.7. The standard InChI is InChI=1S/C24H23N5O5S/c1-14(2)35(31,32)18-9-7-17(8-10-18)20-13-27-23(33-24(26)30)22(28-20)21-11-19(29-34-21)16-5-3-15(12-25)4-6-16/h3-11,13-14H,12,25H2,1-2H3,(H2,26,30). The highest BCUT2D eigenvalue weighted by Crippen LogP contribution is 2.32. The van der Waals surface area contributed by atoms with Gasteiger partial charge in [-0.1, -0.05) is 41.6 Å². The number of benzene rings is 2. The Morgan fingerprint density at radius 3 is 2.26 bits per heavy atom. The van der Waals surface area contributed by atoms with Crippen LogP contribution in [0.15, 0.2) is 70.2 Å². The highest BCUT2D eigenvalue weighted by atomic mass is 32.2. The van der Waals surface area contributed by atoms with E-state index in [1.165, 1.54) is 18.3 Å². The number of ether oxygens (including phenoxy) is 1. The Kier molecular flexibility index (Phi) is 6.63. The molecule has 0 radical (unpaired) electrons.